The van der Waals surface area contributed by atoms with Gasteiger partial charge in [-0.2, -0.15) is 0 Å². The Morgan fingerprint density at radius 1 is 1.38 bits per heavy atom. The predicted molar refractivity (Wildman–Crippen MR) is 87.4 cm³/mol. The molecular formula is C17H21FN2S. The van der Waals surface area contributed by atoms with Crippen LogP contribution in [0.4, 0.5) is 10.1 Å². The van der Waals surface area contributed by atoms with Crippen LogP contribution in [0.25, 0.3) is 0 Å². The number of nitrogens with two attached hydrogens (primary N) is 1. The Labute approximate surface area is 129 Å². The minimum absolute atomic E-state index is 0.0899. The van der Waals surface area contributed by atoms with Crippen LogP contribution in [0.3, 0.4) is 0 Å². The van der Waals surface area contributed by atoms with E-state index in [9.17, 15) is 4.39 Å². The van der Waals surface area contributed by atoms with E-state index in [-0.39, 0.29) is 11.9 Å². The number of hydrogen-bond donors (Lipinski definition) is 1. The molecule has 0 fully saturated rings. The van der Waals surface area contributed by atoms with Gasteiger partial charge in [-0.05, 0) is 47.9 Å². The molecule has 1 unspecified atom stereocenters. The van der Waals surface area contributed by atoms with Gasteiger partial charge in [-0.1, -0.05) is 19.1 Å². The third kappa shape index (κ3) is 2.97. The van der Waals surface area contributed by atoms with E-state index >= 15 is 0 Å². The maximum atomic E-state index is 14.4. The van der Waals surface area contributed by atoms with Crippen molar-refractivity contribution < 1.29 is 4.39 Å². The summed E-state index contributed by atoms with van der Waals surface area (Å²) in [6.45, 7) is 3.75. The average molecular weight is 304 g/mol. The summed E-state index contributed by atoms with van der Waals surface area (Å²) in [6.07, 6.45) is 2.64. The molecule has 3 rings (SSSR count). The first kappa shape index (κ1) is 14.5. The molecule has 1 aliphatic heterocycles. The summed E-state index contributed by atoms with van der Waals surface area (Å²) in [4.78, 5) is 3.61. The number of thiophene rings is 1. The number of halogens is 1. The van der Waals surface area contributed by atoms with Crippen molar-refractivity contribution in [3.05, 3.63) is 51.5 Å². The Balaban J connectivity index is 1.91. The van der Waals surface area contributed by atoms with Crippen molar-refractivity contribution in [2.24, 2.45) is 5.73 Å². The molecule has 1 atom stereocenters. The second kappa shape index (κ2) is 6.16. The van der Waals surface area contributed by atoms with Gasteiger partial charge < -0.3 is 10.6 Å². The highest BCUT2D eigenvalue weighted by Crippen LogP contribution is 2.32. The van der Waals surface area contributed by atoms with Gasteiger partial charge >= 0.3 is 0 Å². The quantitative estimate of drug-likeness (QED) is 0.932. The van der Waals surface area contributed by atoms with Gasteiger partial charge in [0, 0.05) is 24.0 Å². The van der Waals surface area contributed by atoms with Crippen LogP contribution in [0.5, 0.6) is 0 Å². The number of hydrogen-bond acceptors (Lipinski definition) is 3. The van der Waals surface area contributed by atoms with E-state index in [2.05, 4.69) is 23.3 Å². The molecule has 21 heavy (non-hydrogen) atoms. The minimum atomic E-state index is -0.130. The Morgan fingerprint density at radius 3 is 3.05 bits per heavy atom. The molecule has 0 saturated heterocycles. The maximum absolute atomic E-state index is 14.4. The molecule has 0 spiro atoms. The lowest BCUT2D eigenvalue weighted by Gasteiger charge is -2.31. The highest BCUT2D eigenvalue weighted by Gasteiger charge is 2.22. The van der Waals surface area contributed by atoms with E-state index in [0.717, 1.165) is 43.6 Å². The smallest absolute Gasteiger partial charge is 0.146 e. The van der Waals surface area contributed by atoms with Crippen molar-refractivity contribution >= 4 is 17.0 Å². The molecule has 1 aliphatic rings. The van der Waals surface area contributed by atoms with E-state index in [1.165, 1.54) is 10.4 Å². The van der Waals surface area contributed by atoms with Crippen LogP contribution >= 0.6 is 11.3 Å². The van der Waals surface area contributed by atoms with Crippen LogP contribution in [0, 0.1) is 5.82 Å². The summed E-state index contributed by atoms with van der Waals surface area (Å²) >= 11 is 1.80. The van der Waals surface area contributed by atoms with E-state index < -0.39 is 0 Å². The number of rotatable bonds is 4. The fraction of sp³-hybridized carbons (Fsp3) is 0.412. The van der Waals surface area contributed by atoms with Crippen molar-refractivity contribution in [1.29, 1.82) is 0 Å². The van der Waals surface area contributed by atoms with Crippen molar-refractivity contribution in [2.75, 3.05) is 11.4 Å². The van der Waals surface area contributed by atoms with Crippen molar-refractivity contribution in [2.45, 2.75) is 38.8 Å². The molecule has 1 aromatic carbocycles. The fourth-order valence-corrected chi connectivity index (χ4v) is 3.83. The zero-order valence-electron chi connectivity index (χ0n) is 12.3. The van der Waals surface area contributed by atoms with Crippen LogP contribution in [0.15, 0.2) is 29.6 Å². The predicted octanol–water partition coefficient (Wildman–Crippen LogP) is 3.73. The minimum Gasteiger partial charge on any atom is -0.364 e. The monoisotopic (exact) mass is 304 g/mol. The molecule has 112 valence electrons. The van der Waals surface area contributed by atoms with E-state index in [0.29, 0.717) is 0 Å². The number of anilines is 1. The van der Waals surface area contributed by atoms with Gasteiger partial charge in [-0.25, -0.2) is 4.39 Å². The SMILES string of the molecule is CCC(N)Cc1cccc(F)c1N1CCc2sccc2C1. The second-order valence-electron chi connectivity index (χ2n) is 5.66. The molecular weight excluding hydrogens is 283 g/mol. The number of fused-ring (bicyclic) bond motifs is 1. The molecule has 1 aromatic heterocycles. The highest BCUT2D eigenvalue weighted by molar-refractivity contribution is 7.10. The maximum Gasteiger partial charge on any atom is 0.146 e. The molecule has 2 N–H and O–H groups in total. The van der Waals surface area contributed by atoms with Gasteiger partial charge in [0.15, 0.2) is 0 Å². The van der Waals surface area contributed by atoms with Gasteiger partial charge in [0.1, 0.15) is 5.82 Å². The van der Waals surface area contributed by atoms with E-state index in [4.69, 9.17) is 5.73 Å². The first-order valence-electron chi connectivity index (χ1n) is 7.52. The summed E-state index contributed by atoms with van der Waals surface area (Å²) < 4.78 is 14.4. The molecule has 2 nitrogen and oxygen atoms in total. The number of benzene rings is 1. The Bertz CT molecular complexity index is 623. The lowest BCUT2D eigenvalue weighted by Crippen LogP contribution is -2.32. The van der Waals surface area contributed by atoms with Gasteiger partial charge in [-0.15, -0.1) is 11.3 Å². The van der Waals surface area contributed by atoms with Gasteiger partial charge in [0.05, 0.1) is 5.69 Å². The van der Waals surface area contributed by atoms with Crippen molar-refractivity contribution in [3.8, 4) is 0 Å². The normalized spacial score (nSPS) is 15.9. The first-order valence-corrected chi connectivity index (χ1v) is 8.40. The fourth-order valence-electron chi connectivity index (χ4n) is 2.94. The zero-order valence-corrected chi connectivity index (χ0v) is 13.1. The average Bonchev–Trinajstić information content (AvgIpc) is 2.94. The van der Waals surface area contributed by atoms with Gasteiger partial charge in [0.25, 0.3) is 0 Å². The van der Waals surface area contributed by atoms with Crippen LogP contribution in [-0.4, -0.2) is 12.6 Å². The van der Waals surface area contributed by atoms with Gasteiger partial charge in [0.2, 0.25) is 0 Å². The third-order valence-electron chi connectivity index (χ3n) is 4.20. The van der Waals surface area contributed by atoms with Crippen LogP contribution in [-0.2, 0) is 19.4 Å². The molecule has 0 aliphatic carbocycles. The third-order valence-corrected chi connectivity index (χ3v) is 5.22. The molecule has 4 heteroatoms. The summed E-state index contributed by atoms with van der Waals surface area (Å²) in [7, 11) is 0. The van der Waals surface area contributed by atoms with Crippen molar-refractivity contribution in [1.82, 2.24) is 0 Å². The lowest BCUT2D eigenvalue weighted by molar-refractivity contribution is 0.598. The van der Waals surface area contributed by atoms with Crippen LogP contribution in [0.2, 0.25) is 0 Å². The van der Waals surface area contributed by atoms with E-state index in [1.807, 2.05) is 6.07 Å². The van der Waals surface area contributed by atoms with E-state index in [1.54, 1.807) is 23.5 Å². The zero-order chi connectivity index (χ0) is 14.8. The summed E-state index contributed by atoms with van der Waals surface area (Å²) in [6, 6.07) is 7.60. The first-order chi connectivity index (χ1) is 10.2. The number of para-hydroxylation sites is 1. The molecule has 0 amide bonds. The topological polar surface area (TPSA) is 29.3 Å². The number of nitrogens with zero attached hydrogens (tertiary/aromatic N) is 1. The standard InChI is InChI=1S/C17H21FN2S/c1-2-14(19)10-12-4-3-5-15(18)17(12)20-8-6-16-13(11-20)7-9-21-16/h3-5,7,9,14H,2,6,8,10-11,19H2,1H3. The Kier molecular flexibility index (Phi) is 4.27. The lowest BCUT2D eigenvalue weighted by atomic mass is 10.00. The van der Waals surface area contributed by atoms with Crippen LogP contribution < -0.4 is 10.6 Å². The summed E-state index contributed by atoms with van der Waals surface area (Å²) in [5.41, 5.74) is 9.19. The van der Waals surface area contributed by atoms with Crippen molar-refractivity contribution in [3.63, 3.8) is 0 Å². The molecule has 0 radical (unpaired) electrons. The summed E-state index contributed by atoms with van der Waals surface area (Å²) in [5.74, 6) is -0.130. The molecule has 2 aromatic rings. The molecule has 2 heterocycles. The highest BCUT2D eigenvalue weighted by atomic mass is 32.1. The summed E-state index contributed by atoms with van der Waals surface area (Å²) in [5, 5.41) is 2.13. The molecule has 0 saturated carbocycles. The van der Waals surface area contributed by atoms with Gasteiger partial charge in [-0.3, -0.25) is 0 Å². The Morgan fingerprint density at radius 2 is 2.24 bits per heavy atom. The second-order valence-corrected chi connectivity index (χ2v) is 6.66. The van der Waals surface area contributed by atoms with Crippen LogP contribution in [0.1, 0.15) is 29.3 Å². The largest absolute Gasteiger partial charge is 0.364 e. The Hall–Kier alpha value is -1.39. The molecule has 0 bridgehead atoms.